The number of rotatable bonds is 5. The predicted octanol–water partition coefficient (Wildman–Crippen LogP) is 4.02. The van der Waals surface area contributed by atoms with Gasteiger partial charge in [0.25, 0.3) is 5.91 Å². The minimum absolute atomic E-state index is 0.0352. The highest BCUT2D eigenvalue weighted by molar-refractivity contribution is 5.93. The summed E-state index contributed by atoms with van der Waals surface area (Å²) in [5, 5.41) is 3.10. The van der Waals surface area contributed by atoms with Crippen molar-refractivity contribution in [1.29, 1.82) is 0 Å². The Kier molecular flexibility index (Phi) is 6.63. The number of amides is 2. The second kappa shape index (κ2) is 10.00. The Hall–Kier alpha value is -3.52. The topological polar surface area (TPSA) is 76.5 Å². The van der Waals surface area contributed by atoms with Crippen LogP contribution in [0.4, 0.5) is 4.39 Å². The lowest BCUT2D eigenvalue weighted by molar-refractivity contribution is -0.127. The molecule has 3 heterocycles. The molecule has 0 saturated carbocycles. The first-order chi connectivity index (χ1) is 17.0. The number of nitrogens with one attached hydrogen (secondary N) is 1. The van der Waals surface area contributed by atoms with Crippen LogP contribution in [0, 0.1) is 11.7 Å². The predicted molar refractivity (Wildman–Crippen MR) is 128 cm³/mol. The molecule has 0 unspecified atom stereocenters. The fraction of sp³-hybridized carbons (Fsp3) is 0.370. The summed E-state index contributed by atoms with van der Waals surface area (Å²) in [6.07, 6.45) is 2.70. The number of hydrogen-bond acceptors (Lipinski definition) is 4. The molecule has 35 heavy (non-hydrogen) atoms. The SMILES string of the molecule is C[C@@H](NC(=O)C1CCN(C(=O)c2ncn3c2CO[C@@H](c2ccc(F)cc2)C3)CC1)c1ccccc1. The molecule has 182 valence electrons. The van der Waals surface area contributed by atoms with Crippen LogP contribution in [-0.4, -0.2) is 39.4 Å². The molecule has 3 aromatic rings. The van der Waals surface area contributed by atoms with E-state index in [0.717, 1.165) is 16.8 Å². The van der Waals surface area contributed by atoms with Crippen molar-refractivity contribution in [1.82, 2.24) is 19.8 Å². The second-order valence-electron chi connectivity index (χ2n) is 9.25. The van der Waals surface area contributed by atoms with Gasteiger partial charge in [0.1, 0.15) is 11.9 Å². The van der Waals surface area contributed by atoms with Gasteiger partial charge in [0, 0.05) is 19.0 Å². The summed E-state index contributed by atoms with van der Waals surface area (Å²) in [6.45, 7) is 3.79. The van der Waals surface area contributed by atoms with Crippen molar-refractivity contribution in [3.05, 3.63) is 89.3 Å². The van der Waals surface area contributed by atoms with Crippen LogP contribution in [0.1, 0.15) is 59.2 Å². The summed E-state index contributed by atoms with van der Waals surface area (Å²) in [4.78, 5) is 32.2. The molecule has 2 aliphatic rings. The Morgan fingerprint density at radius 3 is 2.51 bits per heavy atom. The smallest absolute Gasteiger partial charge is 0.274 e. The first-order valence-corrected chi connectivity index (χ1v) is 12.0. The van der Waals surface area contributed by atoms with Gasteiger partial charge in [-0.1, -0.05) is 42.5 Å². The minimum atomic E-state index is -0.285. The summed E-state index contributed by atoms with van der Waals surface area (Å²) in [5.41, 5.74) is 3.12. The third-order valence-corrected chi connectivity index (χ3v) is 6.99. The van der Waals surface area contributed by atoms with E-state index in [1.807, 2.05) is 41.8 Å². The molecule has 0 radical (unpaired) electrons. The van der Waals surface area contributed by atoms with E-state index in [2.05, 4.69) is 10.3 Å². The van der Waals surface area contributed by atoms with Gasteiger partial charge in [-0.25, -0.2) is 9.37 Å². The van der Waals surface area contributed by atoms with E-state index in [1.54, 1.807) is 23.4 Å². The zero-order valence-corrected chi connectivity index (χ0v) is 19.7. The number of carbonyl (C=O) groups excluding carboxylic acids is 2. The van der Waals surface area contributed by atoms with Crippen LogP contribution in [0.5, 0.6) is 0 Å². The number of halogens is 1. The molecule has 1 saturated heterocycles. The summed E-state index contributed by atoms with van der Waals surface area (Å²) in [6, 6.07) is 16.1. The summed E-state index contributed by atoms with van der Waals surface area (Å²) in [5.74, 6) is -0.485. The molecule has 0 spiro atoms. The van der Waals surface area contributed by atoms with Gasteiger partial charge in [0.15, 0.2) is 5.69 Å². The van der Waals surface area contributed by atoms with Gasteiger partial charge in [-0.2, -0.15) is 0 Å². The largest absolute Gasteiger partial charge is 0.365 e. The van der Waals surface area contributed by atoms with E-state index >= 15 is 0 Å². The molecular formula is C27H29FN4O3. The number of ether oxygens (including phenoxy) is 1. The van der Waals surface area contributed by atoms with Crippen molar-refractivity contribution in [2.24, 2.45) is 5.92 Å². The van der Waals surface area contributed by atoms with Gasteiger partial charge in [-0.05, 0) is 43.0 Å². The highest BCUT2D eigenvalue weighted by Crippen LogP contribution is 2.29. The molecular weight excluding hydrogens is 447 g/mol. The standard InChI is InChI=1S/C27H29FN4O3/c1-18(19-5-3-2-4-6-19)30-26(33)21-11-13-31(14-12-21)27(34)25-23-16-35-24(15-32(23)17-29-25)20-7-9-22(28)10-8-20/h2-10,17-18,21,24H,11-16H2,1H3,(H,30,33)/t18-,24-/m1/s1. The molecule has 0 aliphatic carbocycles. The average molecular weight is 477 g/mol. The number of hydrogen-bond donors (Lipinski definition) is 1. The fourth-order valence-electron chi connectivity index (χ4n) is 4.84. The molecule has 2 amide bonds. The average Bonchev–Trinajstić information content (AvgIpc) is 3.32. The van der Waals surface area contributed by atoms with Crippen molar-refractivity contribution in [3.8, 4) is 0 Å². The van der Waals surface area contributed by atoms with Crippen molar-refractivity contribution < 1.29 is 18.7 Å². The quantitative estimate of drug-likeness (QED) is 0.604. The third-order valence-electron chi connectivity index (χ3n) is 6.99. The molecule has 2 aliphatic heterocycles. The normalized spacial score (nSPS) is 19.1. The molecule has 5 rings (SSSR count). The van der Waals surface area contributed by atoms with E-state index < -0.39 is 0 Å². The van der Waals surface area contributed by atoms with Gasteiger partial charge < -0.3 is 19.5 Å². The van der Waals surface area contributed by atoms with Crippen LogP contribution in [-0.2, 0) is 22.7 Å². The number of aromatic nitrogens is 2. The van der Waals surface area contributed by atoms with Gasteiger partial charge in [-0.3, -0.25) is 9.59 Å². The Balaban J connectivity index is 1.17. The van der Waals surface area contributed by atoms with E-state index in [1.165, 1.54) is 12.1 Å². The summed E-state index contributed by atoms with van der Waals surface area (Å²) in [7, 11) is 0. The van der Waals surface area contributed by atoms with E-state index in [9.17, 15) is 14.0 Å². The maximum atomic E-state index is 13.2. The van der Waals surface area contributed by atoms with Crippen molar-refractivity contribution in [2.45, 2.75) is 45.1 Å². The zero-order valence-electron chi connectivity index (χ0n) is 19.7. The minimum Gasteiger partial charge on any atom is -0.365 e. The Bertz CT molecular complexity index is 1190. The molecule has 2 atom stereocenters. The molecule has 1 fully saturated rings. The number of fused-ring (bicyclic) bond motifs is 1. The van der Waals surface area contributed by atoms with Gasteiger partial charge in [0.05, 0.1) is 31.2 Å². The molecule has 2 aromatic carbocycles. The second-order valence-corrected chi connectivity index (χ2v) is 9.25. The Labute approximate surface area is 203 Å². The highest BCUT2D eigenvalue weighted by atomic mass is 19.1. The fourth-order valence-corrected chi connectivity index (χ4v) is 4.84. The first-order valence-electron chi connectivity index (χ1n) is 12.0. The van der Waals surface area contributed by atoms with E-state index in [-0.39, 0.29) is 42.3 Å². The number of nitrogens with zero attached hydrogens (tertiary/aromatic N) is 3. The number of benzene rings is 2. The van der Waals surface area contributed by atoms with Crippen LogP contribution in [0.15, 0.2) is 60.9 Å². The van der Waals surface area contributed by atoms with Crippen molar-refractivity contribution in [2.75, 3.05) is 13.1 Å². The lowest BCUT2D eigenvalue weighted by atomic mass is 9.95. The van der Waals surface area contributed by atoms with Gasteiger partial charge >= 0.3 is 0 Å². The monoisotopic (exact) mass is 476 g/mol. The number of likely N-dealkylation sites (tertiary alicyclic amines) is 1. The summed E-state index contributed by atoms with van der Waals surface area (Å²) >= 11 is 0. The first kappa shape index (κ1) is 23.2. The van der Waals surface area contributed by atoms with Crippen molar-refractivity contribution >= 4 is 11.8 Å². The number of imidazole rings is 1. The summed E-state index contributed by atoms with van der Waals surface area (Å²) < 4.78 is 21.2. The molecule has 0 bridgehead atoms. The third kappa shape index (κ3) is 4.98. The number of carbonyl (C=O) groups is 2. The van der Waals surface area contributed by atoms with E-state index in [0.29, 0.717) is 38.2 Å². The van der Waals surface area contributed by atoms with Gasteiger partial charge in [0.2, 0.25) is 5.91 Å². The lowest BCUT2D eigenvalue weighted by Gasteiger charge is -2.32. The Morgan fingerprint density at radius 2 is 1.80 bits per heavy atom. The van der Waals surface area contributed by atoms with E-state index in [4.69, 9.17) is 4.74 Å². The van der Waals surface area contributed by atoms with Crippen LogP contribution in [0.2, 0.25) is 0 Å². The highest BCUT2D eigenvalue weighted by Gasteiger charge is 2.32. The molecule has 8 heteroatoms. The van der Waals surface area contributed by atoms with Crippen molar-refractivity contribution in [3.63, 3.8) is 0 Å². The zero-order chi connectivity index (χ0) is 24.4. The van der Waals surface area contributed by atoms with Gasteiger partial charge in [-0.15, -0.1) is 0 Å². The van der Waals surface area contributed by atoms with Crippen LogP contribution >= 0.6 is 0 Å². The molecule has 1 aromatic heterocycles. The maximum absolute atomic E-state index is 13.2. The molecule has 1 N–H and O–H groups in total. The Morgan fingerprint density at radius 1 is 1.09 bits per heavy atom. The lowest BCUT2D eigenvalue weighted by Crippen LogP contribution is -2.43. The molecule has 7 nitrogen and oxygen atoms in total. The number of piperidine rings is 1. The van der Waals surface area contributed by atoms with Crippen LogP contribution in [0.25, 0.3) is 0 Å². The van der Waals surface area contributed by atoms with Crippen LogP contribution in [0.3, 0.4) is 0 Å². The van der Waals surface area contributed by atoms with Crippen LogP contribution < -0.4 is 5.32 Å². The maximum Gasteiger partial charge on any atom is 0.274 e.